The minimum absolute atomic E-state index is 0.00359. The van der Waals surface area contributed by atoms with E-state index in [9.17, 15) is 9.59 Å². The minimum Gasteiger partial charge on any atom is -0.494 e. The van der Waals surface area contributed by atoms with Gasteiger partial charge in [0.15, 0.2) is 0 Å². The molecule has 0 spiro atoms. The van der Waals surface area contributed by atoms with E-state index >= 15 is 0 Å². The van der Waals surface area contributed by atoms with E-state index in [-0.39, 0.29) is 18.4 Å². The summed E-state index contributed by atoms with van der Waals surface area (Å²) in [7, 11) is 0. The van der Waals surface area contributed by atoms with E-state index < -0.39 is 0 Å². The van der Waals surface area contributed by atoms with Gasteiger partial charge in [0.2, 0.25) is 11.8 Å². The van der Waals surface area contributed by atoms with Gasteiger partial charge in [0.05, 0.1) is 12.3 Å². The number of anilines is 2. The average Bonchev–Trinajstić information content (AvgIpc) is 2.76. The number of nitrogens with zero attached hydrogens (tertiary/aromatic N) is 1. The number of para-hydroxylation sites is 1. The van der Waals surface area contributed by atoms with Crippen molar-refractivity contribution < 1.29 is 14.3 Å². The molecule has 0 bridgehead atoms. The summed E-state index contributed by atoms with van der Waals surface area (Å²) in [5.41, 5.74) is 1.48. The molecule has 25 heavy (non-hydrogen) atoms. The smallest absolute Gasteiger partial charge is 0.244 e. The molecule has 0 fully saturated rings. The third kappa shape index (κ3) is 4.33. The van der Waals surface area contributed by atoms with Crippen LogP contribution in [0.4, 0.5) is 11.4 Å². The minimum atomic E-state index is -0.223. The van der Waals surface area contributed by atoms with Crippen LogP contribution in [0.15, 0.2) is 53.4 Å². The Balaban J connectivity index is 1.70. The normalized spacial score (nSPS) is 13.8. The molecule has 1 aliphatic heterocycles. The van der Waals surface area contributed by atoms with E-state index in [4.69, 9.17) is 4.74 Å². The summed E-state index contributed by atoms with van der Waals surface area (Å²) >= 11 is 1.65. The second-order valence-electron chi connectivity index (χ2n) is 5.55. The predicted molar refractivity (Wildman–Crippen MR) is 100 cm³/mol. The zero-order valence-electron chi connectivity index (χ0n) is 14.0. The highest BCUT2D eigenvalue weighted by molar-refractivity contribution is 7.99. The number of hydrogen-bond donors (Lipinski definition) is 1. The average molecular weight is 356 g/mol. The first kappa shape index (κ1) is 17.4. The molecule has 0 saturated carbocycles. The van der Waals surface area contributed by atoms with Crippen LogP contribution < -0.4 is 15.0 Å². The molecule has 1 N–H and O–H groups in total. The summed E-state index contributed by atoms with van der Waals surface area (Å²) in [5.74, 6) is 1.24. The highest BCUT2D eigenvalue weighted by Gasteiger charge is 2.24. The summed E-state index contributed by atoms with van der Waals surface area (Å²) in [5, 5.41) is 2.84. The fraction of sp³-hybridized carbons (Fsp3) is 0.263. The molecule has 0 atom stereocenters. The van der Waals surface area contributed by atoms with Crippen molar-refractivity contribution in [2.75, 3.05) is 29.1 Å². The monoisotopic (exact) mass is 356 g/mol. The fourth-order valence-corrected chi connectivity index (χ4v) is 3.64. The topological polar surface area (TPSA) is 58.6 Å². The van der Waals surface area contributed by atoms with Crippen LogP contribution in [0.1, 0.15) is 13.3 Å². The molecule has 0 aliphatic carbocycles. The number of hydrogen-bond acceptors (Lipinski definition) is 4. The predicted octanol–water partition coefficient (Wildman–Crippen LogP) is 3.55. The number of ether oxygens (including phenoxy) is 1. The Morgan fingerprint density at radius 2 is 1.96 bits per heavy atom. The summed E-state index contributed by atoms with van der Waals surface area (Å²) in [6.07, 6.45) is 0.426. The van der Waals surface area contributed by atoms with E-state index in [2.05, 4.69) is 5.32 Å². The number of nitrogens with one attached hydrogen (secondary N) is 1. The van der Waals surface area contributed by atoms with Gasteiger partial charge in [0.25, 0.3) is 0 Å². The van der Waals surface area contributed by atoms with Gasteiger partial charge in [-0.1, -0.05) is 12.1 Å². The van der Waals surface area contributed by atoms with Gasteiger partial charge in [-0.05, 0) is 43.3 Å². The van der Waals surface area contributed by atoms with Gasteiger partial charge in [0.1, 0.15) is 12.3 Å². The SMILES string of the molecule is CCOc1ccc(NC(=O)CN2C(=O)CCSc3ccccc32)cc1. The summed E-state index contributed by atoms with van der Waals surface area (Å²) in [4.78, 5) is 27.4. The van der Waals surface area contributed by atoms with Crippen LogP contribution in [-0.4, -0.2) is 30.7 Å². The first-order valence-electron chi connectivity index (χ1n) is 8.22. The maximum absolute atomic E-state index is 12.4. The molecule has 3 rings (SSSR count). The number of benzene rings is 2. The van der Waals surface area contributed by atoms with E-state index in [0.29, 0.717) is 18.7 Å². The van der Waals surface area contributed by atoms with Crippen molar-refractivity contribution in [2.24, 2.45) is 0 Å². The summed E-state index contributed by atoms with van der Waals surface area (Å²) in [6, 6.07) is 14.9. The molecule has 130 valence electrons. The zero-order valence-corrected chi connectivity index (χ0v) is 14.8. The highest BCUT2D eigenvalue weighted by Crippen LogP contribution is 2.33. The third-order valence-corrected chi connectivity index (χ3v) is 4.85. The molecule has 0 aromatic heterocycles. The number of carbonyl (C=O) groups excluding carboxylic acids is 2. The van der Waals surface area contributed by atoms with Crippen molar-refractivity contribution in [3.8, 4) is 5.75 Å². The molecule has 2 aromatic rings. The van der Waals surface area contributed by atoms with Crippen LogP contribution in [0.5, 0.6) is 5.75 Å². The Morgan fingerprint density at radius 3 is 2.72 bits per heavy atom. The van der Waals surface area contributed by atoms with E-state index in [1.54, 1.807) is 28.8 Å². The number of carbonyl (C=O) groups is 2. The molecule has 1 aliphatic rings. The maximum atomic E-state index is 12.4. The first-order valence-corrected chi connectivity index (χ1v) is 9.21. The van der Waals surface area contributed by atoms with Crippen LogP contribution in [-0.2, 0) is 9.59 Å². The van der Waals surface area contributed by atoms with Gasteiger partial charge in [-0.3, -0.25) is 9.59 Å². The largest absolute Gasteiger partial charge is 0.494 e. The van der Waals surface area contributed by atoms with Crippen molar-refractivity contribution in [3.63, 3.8) is 0 Å². The Bertz CT molecular complexity index is 762. The van der Waals surface area contributed by atoms with E-state index in [1.165, 1.54) is 0 Å². The standard InChI is InChI=1S/C19H20N2O3S/c1-2-24-15-9-7-14(8-10-15)20-18(22)13-21-16-5-3-4-6-17(16)25-12-11-19(21)23/h3-10H,2,11-13H2,1H3,(H,20,22). The molecule has 2 aromatic carbocycles. The number of fused-ring (bicyclic) bond motifs is 1. The van der Waals surface area contributed by atoms with Gasteiger partial charge in [-0.2, -0.15) is 0 Å². The van der Waals surface area contributed by atoms with Crippen molar-refractivity contribution >= 4 is 35.0 Å². The fourth-order valence-electron chi connectivity index (χ4n) is 2.64. The molecule has 2 amide bonds. The van der Waals surface area contributed by atoms with Crippen LogP contribution >= 0.6 is 11.8 Å². The zero-order chi connectivity index (χ0) is 17.6. The third-order valence-electron chi connectivity index (χ3n) is 3.78. The van der Waals surface area contributed by atoms with Gasteiger partial charge in [-0.15, -0.1) is 11.8 Å². The van der Waals surface area contributed by atoms with Gasteiger partial charge in [0, 0.05) is 22.8 Å². The molecular formula is C19H20N2O3S. The quantitative estimate of drug-likeness (QED) is 0.890. The van der Waals surface area contributed by atoms with Crippen LogP contribution in [0.25, 0.3) is 0 Å². The molecule has 0 unspecified atom stereocenters. The van der Waals surface area contributed by atoms with Crippen molar-refractivity contribution in [2.45, 2.75) is 18.2 Å². The van der Waals surface area contributed by atoms with E-state index in [1.807, 2.05) is 43.3 Å². The van der Waals surface area contributed by atoms with Crippen LogP contribution in [0.3, 0.4) is 0 Å². The Hall–Kier alpha value is -2.47. The van der Waals surface area contributed by atoms with Gasteiger partial charge >= 0.3 is 0 Å². The highest BCUT2D eigenvalue weighted by atomic mass is 32.2. The molecule has 0 radical (unpaired) electrons. The molecule has 0 saturated heterocycles. The second-order valence-corrected chi connectivity index (χ2v) is 6.69. The Morgan fingerprint density at radius 1 is 1.20 bits per heavy atom. The lowest BCUT2D eigenvalue weighted by molar-refractivity contribution is -0.121. The van der Waals surface area contributed by atoms with Gasteiger partial charge in [-0.25, -0.2) is 0 Å². The molecule has 1 heterocycles. The lowest BCUT2D eigenvalue weighted by Gasteiger charge is -2.22. The Kier molecular flexibility index (Phi) is 5.60. The molecule has 5 nitrogen and oxygen atoms in total. The number of amides is 2. The molecular weight excluding hydrogens is 336 g/mol. The second kappa shape index (κ2) is 8.07. The maximum Gasteiger partial charge on any atom is 0.244 e. The van der Waals surface area contributed by atoms with Crippen molar-refractivity contribution in [3.05, 3.63) is 48.5 Å². The van der Waals surface area contributed by atoms with E-state index in [0.717, 1.165) is 22.1 Å². The molecule has 6 heteroatoms. The number of rotatable bonds is 5. The van der Waals surface area contributed by atoms with Gasteiger partial charge < -0.3 is 15.0 Å². The summed E-state index contributed by atoms with van der Waals surface area (Å²) in [6.45, 7) is 2.52. The first-order chi connectivity index (χ1) is 12.2. The van der Waals surface area contributed by atoms with Crippen LogP contribution in [0.2, 0.25) is 0 Å². The summed E-state index contributed by atoms with van der Waals surface area (Å²) < 4.78 is 5.39. The number of thioether (sulfide) groups is 1. The lowest BCUT2D eigenvalue weighted by Crippen LogP contribution is -2.37. The van der Waals surface area contributed by atoms with Crippen LogP contribution in [0, 0.1) is 0 Å². The van der Waals surface area contributed by atoms with Crippen molar-refractivity contribution in [1.29, 1.82) is 0 Å². The Labute approximate surface area is 151 Å². The van der Waals surface area contributed by atoms with Crippen molar-refractivity contribution in [1.82, 2.24) is 0 Å². The lowest BCUT2D eigenvalue weighted by atomic mass is 10.2.